The average Bonchev–Trinajstić information content (AvgIpc) is 1.27. The Morgan fingerprint density at radius 3 is 1.00 bits per heavy atom. The molecule has 0 rings (SSSR count). The smallest absolute Gasteiger partial charge is 1.00 e. The predicted molar refractivity (Wildman–Crippen MR) is 33.6 cm³/mol. The van der Waals surface area contributed by atoms with E-state index < -0.39 is 0 Å². The van der Waals surface area contributed by atoms with E-state index in [1.54, 1.807) is 0 Å². The van der Waals surface area contributed by atoms with E-state index in [0.717, 1.165) is 0 Å². The Balaban J connectivity index is -0.0000000600. The topological polar surface area (TPSA) is 14.1 Å². The molecule has 0 atom stereocenters. The zero-order valence-corrected chi connectivity index (χ0v) is 10.8. The molecule has 0 fully saturated rings. The zero-order valence-electron chi connectivity index (χ0n) is 6.86. The van der Waals surface area contributed by atoms with Crippen LogP contribution >= 0.6 is 0 Å². The summed E-state index contributed by atoms with van der Waals surface area (Å²) in [4.78, 5) is 0. The molecule has 4 heteroatoms. The van der Waals surface area contributed by atoms with Gasteiger partial charge >= 0.3 is 26.2 Å². The molecular weight excluding hydrogens is 248 g/mol. The van der Waals surface area contributed by atoms with Crippen LogP contribution in [-0.2, 0) is 26.2 Å². The Morgan fingerprint density at radius 1 is 0.800 bits per heavy atom. The van der Waals surface area contributed by atoms with Crippen LogP contribution in [0.15, 0.2) is 0 Å². The third-order valence-corrected chi connectivity index (χ3v) is 0.596. The molecule has 0 unspecified atom stereocenters. The molecule has 1 nitrogen and oxygen atoms in total. The Morgan fingerprint density at radius 2 is 1.00 bits per heavy atom. The van der Waals surface area contributed by atoms with Gasteiger partial charge in [-0.25, -0.2) is 0 Å². The molecule has 0 aliphatic heterocycles. The van der Waals surface area contributed by atoms with Crippen LogP contribution < -0.4 is 24.8 Å². The molecule has 0 saturated heterocycles. The third-order valence-electron chi connectivity index (χ3n) is 0.596. The van der Waals surface area contributed by atoms with Crippen molar-refractivity contribution in [1.29, 1.82) is 0 Å². The Hall–Kier alpha value is 1.42. The van der Waals surface area contributed by atoms with E-state index in [9.17, 15) is 0 Å². The molecular formula is C6H14Cl2NZr. The molecule has 0 N–H and O–H groups in total. The summed E-state index contributed by atoms with van der Waals surface area (Å²) in [7, 11) is 0. The summed E-state index contributed by atoms with van der Waals surface area (Å²) in [5.74, 6) is 0. The molecule has 0 aromatic carbocycles. The fraction of sp³-hybridized carbons (Fsp3) is 1.00. The van der Waals surface area contributed by atoms with Crippen molar-refractivity contribution in [1.82, 2.24) is 0 Å². The van der Waals surface area contributed by atoms with E-state index >= 15 is 0 Å². The molecule has 0 aliphatic carbocycles. The molecule has 0 bridgehead atoms. The Bertz CT molecular complexity index is 45.0. The number of rotatable bonds is 2. The molecule has 61 valence electrons. The van der Waals surface area contributed by atoms with Gasteiger partial charge in [-0.15, -0.1) is 12.1 Å². The fourth-order valence-electron chi connectivity index (χ4n) is 0.596. The van der Waals surface area contributed by atoms with E-state index in [2.05, 4.69) is 33.0 Å². The van der Waals surface area contributed by atoms with Gasteiger partial charge in [-0.05, 0) is 0 Å². The summed E-state index contributed by atoms with van der Waals surface area (Å²) >= 11 is 0. The van der Waals surface area contributed by atoms with Gasteiger partial charge in [0.2, 0.25) is 0 Å². The number of hydrogen-bond donors (Lipinski definition) is 0. The number of nitrogens with zero attached hydrogens (tertiary/aromatic N) is 1. The fourth-order valence-corrected chi connectivity index (χ4v) is 0.596. The maximum Gasteiger partial charge on any atom is 3.00 e. The van der Waals surface area contributed by atoms with Crippen LogP contribution in [0.3, 0.4) is 0 Å². The molecule has 1 radical (unpaired) electrons. The Kier molecular flexibility index (Phi) is 29.4. The monoisotopic (exact) mass is 260 g/mol. The summed E-state index contributed by atoms with van der Waals surface area (Å²) in [6.45, 7) is 8.39. The van der Waals surface area contributed by atoms with Gasteiger partial charge in [0.05, 0.1) is 0 Å². The first-order valence-electron chi connectivity index (χ1n) is 2.83. The molecule has 0 heterocycles. The van der Waals surface area contributed by atoms with Crippen molar-refractivity contribution in [3.63, 3.8) is 0 Å². The third kappa shape index (κ3) is 22.7. The van der Waals surface area contributed by atoms with Gasteiger partial charge in [0, 0.05) is 0 Å². The predicted octanol–water partition coefficient (Wildman–Crippen LogP) is -3.82. The summed E-state index contributed by atoms with van der Waals surface area (Å²) in [6.07, 6.45) is 0. The molecule has 0 spiro atoms. The summed E-state index contributed by atoms with van der Waals surface area (Å²) in [5, 5.41) is 4.28. The van der Waals surface area contributed by atoms with Gasteiger partial charge < -0.3 is 30.1 Å². The van der Waals surface area contributed by atoms with Crippen LogP contribution in [0.1, 0.15) is 27.7 Å². The normalized spacial score (nSPS) is 7.80. The van der Waals surface area contributed by atoms with Crippen LogP contribution in [-0.4, -0.2) is 12.1 Å². The van der Waals surface area contributed by atoms with E-state index in [-0.39, 0.29) is 51.0 Å². The number of halogens is 2. The SMILES string of the molecule is CC(C)[N-]C(C)C.[Cl-].[Cl-].[Zr+3]. The molecule has 0 saturated carbocycles. The maximum atomic E-state index is 4.28. The first-order chi connectivity index (χ1) is 3.13. The second-order valence-electron chi connectivity index (χ2n) is 2.34. The van der Waals surface area contributed by atoms with E-state index in [4.69, 9.17) is 0 Å². The quantitative estimate of drug-likeness (QED) is 0.484. The second kappa shape index (κ2) is 13.0. The molecule has 10 heavy (non-hydrogen) atoms. The van der Waals surface area contributed by atoms with Crippen molar-refractivity contribution >= 4 is 0 Å². The summed E-state index contributed by atoms with van der Waals surface area (Å²) in [5.41, 5.74) is 0. The average molecular weight is 262 g/mol. The van der Waals surface area contributed by atoms with Gasteiger partial charge in [0.25, 0.3) is 0 Å². The number of hydrogen-bond acceptors (Lipinski definition) is 0. The van der Waals surface area contributed by atoms with Crippen molar-refractivity contribution in [3.8, 4) is 0 Å². The van der Waals surface area contributed by atoms with Crippen molar-refractivity contribution in [2.75, 3.05) is 0 Å². The van der Waals surface area contributed by atoms with Crippen LogP contribution in [0, 0.1) is 0 Å². The van der Waals surface area contributed by atoms with Crippen molar-refractivity contribution in [3.05, 3.63) is 5.32 Å². The van der Waals surface area contributed by atoms with Crippen molar-refractivity contribution in [2.24, 2.45) is 0 Å². The summed E-state index contributed by atoms with van der Waals surface area (Å²) < 4.78 is 0. The molecule has 0 aromatic heterocycles. The van der Waals surface area contributed by atoms with Crippen molar-refractivity contribution in [2.45, 2.75) is 39.8 Å². The van der Waals surface area contributed by atoms with E-state index in [1.165, 1.54) is 0 Å². The van der Waals surface area contributed by atoms with Gasteiger partial charge in [0.15, 0.2) is 0 Å². The molecule has 0 amide bonds. The first-order valence-corrected chi connectivity index (χ1v) is 2.83. The minimum atomic E-state index is 0. The van der Waals surface area contributed by atoms with E-state index in [0.29, 0.717) is 12.1 Å². The minimum Gasteiger partial charge on any atom is -1.00 e. The van der Waals surface area contributed by atoms with Gasteiger partial charge in [0.1, 0.15) is 0 Å². The van der Waals surface area contributed by atoms with Crippen LogP contribution in [0.5, 0.6) is 0 Å². The standard InChI is InChI=1S/C6H14N.2ClH.Zr/c1-5(2)7-6(3)4;;;/h5-6H,1-4H3;2*1H;/q-1;;;+3/p-2. The zero-order chi connectivity index (χ0) is 5.86. The van der Waals surface area contributed by atoms with Crippen LogP contribution in [0.25, 0.3) is 5.32 Å². The van der Waals surface area contributed by atoms with Gasteiger partial charge in [-0.3, -0.25) is 0 Å². The van der Waals surface area contributed by atoms with Crippen molar-refractivity contribution < 1.29 is 51.0 Å². The second-order valence-corrected chi connectivity index (χ2v) is 2.34. The molecule has 0 aromatic rings. The molecule has 0 aliphatic rings. The largest absolute Gasteiger partial charge is 3.00 e. The summed E-state index contributed by atoms with van der Waals surface area (Å²) in [6, 6.07) is 1.000. The van der Waals surface area contributed by atoms with Gasteiger partial charge in [-0.1, -0.05) is 27.7 Å². The first kappa shape index (κ1) is 22.5. The minimum absolute atomic E-state index is 0. The van der Waals surface area contributed by atoms with Crippen LogP contribution in [0.2, 0.25) is 0 Å². The van der Waals surface area contributed by atoms with Gasteiger partial charge in [-0.2, -0.15) is 0 Å². The maximum absolute atomic E-state index is 4.28. The van der Waals surface area contributed by atoms with E-state index in [1.807, 2.05) is 0 Å². The van der Waals surface area contributed by atoms with Crippen LogP contribution in [0.4, 0.5) is 0 Å². The Labute approximate surface area is 95.7 Å².